The van der Waals surface area contributed by atoms with Crippen molar-refractivity contribution in [3.8, 4) is 0 Å². The lowest BCUT2D eigenvalue weighted by molar-refractivity contribution is -0.140. The van der Waals surface area contributed by atoms with Gasteiger partial charge in [0.15, 0.2) is 0 Å². The van der Waals surface area contributed by atoms with E-state index in [-0.39, 0.29) is 5.97 Å². The normalized spacial score (nSPS) is 12.6. The highest BCUT2D eigenvalue weighted by atomic mass is 32.2. The van der Waals surface area contributed by atoms with E-state index in [2.05, 4.69) is 29.0 Å². The Morgan fingerprint density at radius 3 is 2.76 bits per heavy atom. The highest BCUT2D eigenvalue weighted by molar-refractivity contribution is 8.00. The second kappa shape index (κ2) is 7.96. The molecular weight excluding hydrogens is 232 g/mol. The van der Waals surface area contributed by atoms with Crippen LogP contribution in [0.2, 0.25) is 0 Å². The number of hydrogen-bond acceptors (Lipinski definition) is 3. The molecule has 1 rings (SSSR count). The molecule has 0 aliphatic heterocycles. The Kier molecular flexibility index (Phi) is 6.48. The van der Waals surface area contributed by atoms with E-state index in [9.17, 15) is 4.79 Å². The van der Waals surface area contributed by atoms with Crippen LogP contribution in [-0.2, 0) is 9.53 Å². The first-order chi connectivity index (χ1) is 8.22. The van der Waals surface area contributed by atoms with E-state index in [0.717, 1.165) is 5.75 Å². The van der Waals surface area contributed by atoms with Gasteiger partial charge >= 0.3 is 5.97 Å². The number of carbonyl (C=O) groups excluding carboxylic acids is 1. The first kappa shape index (κ1) is 13.8. The summed E-state index contributed by atoms with van der Waals surface area (Å²) in [6.45, 7) is 2.04. The van der Waals surface area contributed by atoms with Gasteiger partial charge in [-0.3, -0.25) is 4.79 Å². The molecule has 2 nitrogen and oxygen atoms in total. The highest BCUT2D eigenvalue weighted by Crippen LogP contribution is 2.15. The molecule has 0 aliphatic rings. The summed E-state index contributed by atoms with van der Waals surface area (Å²) in [4.78, 5) is 11.0. The van der Waals surface area contributed by atoms with Crippen molar-refractivity contribution >= 4 is 23.8 Å². The maximum atomic E-state index is 11.0. The predicted octanol–water partition coefficient (Wildman–Crippen LogP) is 3.38. The van der Waals surface area contributed by atoms with Crippen LogP contribution in [-0.4, -0.2) is 24.1 Å². The van der Waals surface area contributed by atoms with Gasteiger partial charge in [0.05, 0.1) is 13.5 Å². The van der Waals surface area contributed by atoms with Crippen molar-refractivity contribution in [2.75, 3.05) is 12.9 Å². The molecule has 0 fully saturated rings. The van der Waals surface area contributed by atoms with E-state index in [0.29, 0.717) is 11.7 Å². The molecule has 0 N–H and O–H groups in total. The summed E-state index contributed by atoms with van der Waals surface area (Å²) < 4.78 is 4.63. The van der Waals surface area contributed by atoms with Gasteiger partial charge in [0.25, 0.3) is 0 Å². The molecule has 3 heteroatoms. The summed E-state index contributed by atoms with van der Waals surface area (Å²) in [5, 5.41) is 0.294. The van der Waals surface area contributed by atoms with Gasteiger partial charge in [-0.15, -0.1) is 0 Å². The van der Waals surface area contributed by atoms with E-state index in [1.54, 1.807) is 11.8 Å². The second-order valence-electron chi connectivity index (χ2n) is 3.74. The molecule has 1 aromatic rings. The molecule has 0 aromatic heterocycles. The maximum absolute atomic E-state index is 11.0. The maximum Gasteiger partial charge on any atom is 0.306 e. The van der Waals surface area contributed by atoms with Gasteiger partial charge in [0.2, 0.25) is 0 Å². The fourth-order valence-electron chi connectivity index (χ4n) is 1.35. The molecule has 0 heterocycles. The average molecular weight is 250 g/mol. The van der Waals surface area contributed by atoms with Gasteiger partial charge in [0.1, 0.15) is 0 Å². The molecule has 1 aromatic carbocycles. The van der Waals surface area contributed by atoms with E-state index in [1.165, 1.54) is 12.7 Å². The van der Waals surface area contributed by atoms with Crippen molar-refractivity contribution in [3.05, 3.63) is 42.0 Å². The Hall–Kier alpha value is -1.22. The van der Waals surface area contributed by atoms with Crippen LogP contribution in [0.15, 0.2) is 36.4 Å². The minimum atomic E-state index is -0.142. The Morgan fingerprint density at radius 1 is 1.41 bits per heavy atom. The van der Waals surface area contributed by atoms with Crippen molar-refractivity contribution in [1.82, 2.24) is 0 Å². The quantitative estimate of drug-likeness (QED) is 0.724. The van der Waals surface area contributed by atoms with Crippen LogP contribution < -0.4 is 0 Å². The zero-order valence-corrected chi connectivity index (χ0v) is 11.1. The second-order valence-corrected chi connectivity index (χ2v) is 5.21. The lowest BCUT2D eigenvalue weighted by Crippen LogP contribution is -2.08. The predicted molar refractivity (Wildman–Crippen MR) is 74.0 cm³/mol. The number of benzene rings is 1. The lowest BCUT2D eigenvalue weighted by Gasteiger charge is -2.07. The summed E-state index contributed by atoms with van der Waals surface area (Å²) in [7, 11) is 1.43. The Labute approximate surface area is 107 Å². The molecule has 0 saturated heterocycles. The zero-order valence-electron chi connectivity index (χ0n) is 10.3. The van der Waals surface area contributed by atoms with Crippen molar-refractivity contribution in [3.63, 3.8) is 0 Å². The van der Waals surface area contributed by atoms with E-state index in [4.69, 9.17) is 0 Å². The molecule has 17 heavy (non-hydrogen) atoms. The molecule has 0 amide bonds. The fraction of sp³-hybridized carbons (Fsp3) is 0.357. The standard InChI is InChI=1S/C14H18O2S/c1-12(11-14(15)16-2)17-10-6-9-13-7-4-3-5-8-13/h3-9,12H,10-11H2,1-2H3. The molecule has 0 aliphatic carbocycles. The fourth-order valence-corrected chi connectivity index (χ4v) is 2.13. The lowest BCUT2D eigenvalue weighted by atomic mass is 10.2. The summed E-state index contributed by atoms with van der Waals surface area (Å²) >= 11 is 1.75. The first-order valence-corrected chi connectivity index (χ1v) is 6.67. The SMILES string of the molecule is COC(=O)CC(C)SCC=Cc1ccccc1. The van der Waals surface area contributed by atoms with Crippen LogP contribution in [0.5, 0.6) is 0 Å². The summed E-state index contributed by atoms with van der Waals surface area (Å²) in [5.74, 6) is 0.768. The van der Waals surface area contributed by atoms with Gasteiger partial charge in [-0.05, 0) is 5.56 Å². The number of ether oxygens (including phenoxy) is 1. The molecule has 92 valence electrons. The minimum absolute atomic E-state index is 0.142. The molecule has 0 radical (unpaired) electrons. The molecule has 0 bridgehead atoms. The first-order valence-electron chi connectivity index (χ1n) is 5.62. The smallest absolute Gasteiger partial charge is 0.306 e. The molecule has 1 atom stereocenters. The van der Waals surface area contributed by atoms with E-state index in [1.807, 2.05) is 25.1 Å². The van der Waals surface area contributed by atoms with E-state index < -0.39 is 0 Å². The topological polar surface area (TPSA) is 26.3 Å². The van der Waals surface area contributed by atoms with Crippen molar-refractivity contribution < 1.29 is 9.53 Å². The van der Waals surface area contributed by atoms with Gasteiger partial charge in [0, 0.05) is 11.0 Å². The molecule has 0 saturated carbocycles. The average Bonchev–Trinajstić information content (AvgIpc) is 2.36. The van der Waals surface area contributed by atoms with E-state index >= 15 is 0 Å². The third-order valence-corrected chi connectivity index (χ3v) is 3.39. The summed E-state index contributed by atoms with van der Waals surface area (Å²) in [6, 6.07) is 10.2. The number of carbonyl (C=O) groups is 1. The molecule has 1 unspecified atom stereocenters. The molecule has 0 spiro atoms. The highest BCUT2D eigenvalue weighted by Gasteiger charge is 2.07. The monoisotopic (exact) mass is 250 g/mol. The minimum Gasteiger partial charge on any atom is -0.469 e. The van der Waals surface area contributed by atoms with Crippen molar-refractivity contribution in [2.24, 2.45) is 0 Å². The number of hydrogen-bond donors (Lipinski definition) is 0. The molecular formula is C14H18O2S. The van der Waals surface area contributed by atoms with Gasteiger partial charge < -0.3 is 4.74 Å². The van der Waals surface area contributed by atoms with Crippen LogP contribution in [0.25, 0.3) is 6.08 Å². The largest absolute Gasteiger partial charge is 0.469 e. The van der Waals surface area contributed by atoms with Crippen molar-refractivity contribution in [2.45, 2.75) is 18.6 Å². The Bertz CT molecular complexity index is 360. The zero-order chi connectivity index (χ0) is 12.5. The third kappa shape index (κ3) is 6.17. The van der Waals surface area contributed by atoms with Crippen LogP contribution in [0.3, 0.4) is 0 Å². The van der Waals surface area contributed by atoms with Crippen LogP contribution in [0.1, 0.15) is 18.9 Å². The summed E-state index contributed by atoms with van der Waals surface area (Å²) in [6.07, 6.45) is 4.69. The number of esters is 1. The third-order valence-electron chi connectivity index (χ3n) is 2.27. The van der Waals surface area contributed by atoms with Gasteiger partial charge in [-0.25, -0.2) is 0 Å². The Balaban J connectivity index is 2.23. The van der Waals surface area contributed by atoms with Crippen LogP contribution in [0.4, 0.5) is 0 Å². The van der Waals surface area contributed by atoms with Crippen molar-refractivity contribution in [1.29, 1.82) is 0 Å². The Morgan fingerprint density at radius 2 is 2.12 bits per heavy atom. The number of methoxy groups -OCH3 is 1. The summed E-state index contributed by atoms with van der Waals surface area (Å²) in [5.41, 5.74) is 1.20. The van der Waals surface area contributed by atoms with Crippen LogP contribution in [0, 0.1) is 0 Å². The number of thioether (sulfide) groups is 1. The van der Waals surface area contributed by atoms with Gasteiger partial charge in [-0.2, -0.15) is 11.8 Å². The number of rotatable bonds is 6. The van der Waals surface area contributed by atoms with Gasteiger partial charge in [-0.1, -0.05) is 49.4 Å². The van der Waals surface area contributed by atoms with Crippen LogP contribution >= 0.6 is 11.8 Å².